The smallest absolute Gasteiger partial charge is 0.290 e. The maximum absolute atomic E-state index is 13.4. The van der Waals surface area contributed by atoms with Gasteiger partial charge in [0.05, 0.1) is 0 Å². The molecular weight excluding hydrogens is 412 g/mol. The van der Waals surface area contributed by atoms with Gasteiger partial charge >= 0.3 is 0 Å². The van der Waals surface area contributed by atoms with Gasteiger partial charge in [0, 0.05) is 37.4 Å². The summed E-state index contributed by atoms with van der Waals surface area (Å²) in [5.74, 6) is 0.412. The number of amides is 2. The van der Waals surface area contributed by atoms with Gasteiger partial charge < -0.3 is 19.9 Å². The predicted molar refractivity (Wildman–Crippen MR) is 115 cm³/mol. The number of imidazole rings is 1. The molecule has 2 amide bonds. The van der Waals surface area contributed by atoms with Crippen LogP contribution in [0.25, 0.3) is 0 Å². The van der Waals surface area contributed by atoms with Crippen molar-refractivity contribution in [1.29, 1.82) is 0 Å². The first-order chi connectivity index (χ1) is 15.5. The number of benzene rings is 1. The zero-order valence-corrected chi connectivity index (χ0v) is 17.8. The van der Waals surface area contributed by atoms with Crippen molar-refractivity contribution in [2.45, 2.75) is 31.2 Å². The van der Waals surface area contributed by atoms with Crippen LogP contribution in [0.5, 0.6) is 0 Å². The van der Waals surface area contributed by atoms with Gasteiger partial charge in [0.25, 0.3) is 12.4 Å². The zero-order chi connectivity index (χ0) is 22.9. The SMILES string of the molecule is CCc1cc(C(=O)N2CCC3(C(=O)Nc4ccccc43)C2c2nccn2C)n[nH]1.O=CO. The standard InChI is InChI=1S/C21H22N6O2.CH2O2/c1-3-13-12-16(25-24-13)19(28)27-10-8-21(17(27)18-22-9-11-26(18)2)14-6-4-5-7-15(14)23-20(21)29;2-1-3/h4-7,9,11-12,17H,3,8,10H2,1-2H3,(H,23,29)(H,24,25);1H,(H,2,3). The Bertz CT molecular complexity index is 1170. The number of nitrogens with zero attached hydrogens (tertiary/aromatic N) is 4. The van der Waals surface area contributed by atoms with Crippen LogP contribution in [0.3, 0.4) is 0 Å². The van der Waals surface area contributed by atoms with E-state index in [1.807, 2.05) is 49.0 Å². The van der Waals surface area contributed by atoms with E-state index in [1.54, 1.807) is 17.2 Å². The molecule has 1 saturated heterocycles. The number of carbonyl (C=O) groups excluding carboxylic acids is 2. The summed E-state index contributed by atoms with van der Waals surface area (Å²) in [6, 6.07) is 8.99. The maximum atomic E-state index is 13.4. The molecule has 0 saturated carbocycles. The van der Waals surface area contributed by atoms with E-state index in [1.165, 1.54) is 0 Å². The molecule has 2 unspecified atom stereocenters. The second-order valence-electron chi connectivity index (χ2n) is 7.76. The van der Waals surface area contributed by atoms with Crippen LogP contribution in [0.4, 0.5) is 5.69 Å². The van der Waals surface area contributed by atoms with Gasteiger partial charge in [0.2, 0.25) is 5.91 Å². The van der Waals surface area contributed by atoms with E-state index in [4.69, 9.17) is 9.90 Å². The summed E-state index contributed by atoms with van der Waals surface area (Å²) >= 11 is 0. The van der Waals surface area contributed by atoms with Crippen LogP contribution in [0.15, 0.2) is 42.7 Å². The highest BCUT2D eigenvalue weighted by Crippen LogP contribution is 2.54. The third-order valence-electron chi connectivity index (χ3n) is 6.18. The van der Waals surface area contributed by atoms with Gasteiger partial charge in [0.1, 0.15) is 23.0 Å². The number of carbonyl (C=O) groups is 3. The van der Waals surface area contributed by atoms with Crippen LogP contribution < -0.4 is 5.32 Å². The first-order valence-electron chi connectivity index (χ1n) is 10.3. The molecule has 0 radical (unpaired) electrons. The number of rotatable bonds is 3. The number of fused-ring (bicyclic) bond motifs is 2. The Morgan fingerprint density at radius 2 is 2.12 bits per heavy atom. The van der Waals surface area contributed by atoms with E-state index in [0.29, 0.717) is 24.5 Å². The molecule has 1 spiro atoms. The molecule has 0 aliphatic carbocycles. The quantitative estimate of drug-likeness (QED) is 0.537. The van der Waals surface area contributed by atoms with Gasteiger partial charge in [0.15, 0.2) is 0 Å². The monoisotopic (exact) mass is 436 g/mol. The number of nitrogens with one attached hydrogen (secondary N) is 2. The van der Waals surface area contributed by atoms with Gasteiger partial charge in [-0.3, -0.25) is 19.5 Å². The predicted octanol–water partition coefficient (Wildman–Crippen LogP) is 1.88. The third kappa shape index (κ3) is 3.15. The van der Waals surface area contributed by atoms with Crippen LogP contribution in [0.1, 0.15) is 47.0 Å². The van der Waals surface area contributed by atoms with Gasteiger partial charge in [-0.15, -0.1) is 0 Å². The molecule has 3 aromatic rings. The minimum Gasteiger partial charge on any atom is -0.483 e. The molecule has 166 valence electrons. The molecule has 10 nitrogen and oxygen atoms in total. The third-order valence-corrected chi connectivity index (χ3v) is 6.18. The molecule has 2 aliphatic heterocycles. The molecule has 2 atom stereocenters. The molecule has 1 aromatic carbocycles. The summed E-state index contributed by atoms with van der Waals surface area (Å²) in [6.07, 6.45) is 4.84. The lowest BCUT2D eigenvalue weighted by Crippen LogP contribution is -2.43. The highest BCUT2D eigenvalue weighted by Gasteiger charge is 2.60. The summed E-state index contributed by atoms with van der Waals surface area (Å²) < 4.78 is 1.88. The molecule has 1 fully saturated rings. The molecule has 10 heteroatoms. The normalized spacial score (nSPS) is 21.1. The van der Waals surface area contributed by atoms with Crippen molar-refractivity contribution in [1.82, 2.24) is 24.6 Å². The Balaban J connectivity index is 0.000000775. The molecule has 3 N–H and O–H groups in total. The lowest BCUT2D eigenvalue weighted by atomic mass is 9.74. The van der Waals surface area contributed by atoms with E-state index >= 15 is 0 Å². The number of para-hydroxylation sites is 1. The Morgan fingerprint density at radius 1 is 1.38 bits per heavy atom. The zero-order valence-electron chi connectivity index (χ0n) is 17.8. The lowest BCUT2D eigenvalue weighted by molar-refractivity contribution is -0.123. The average Bonchev–Trinajstić information content (AvgIpc) is 3.56. The van der Waals surface area contributed by atoms with E-state index < -0.39 is 11.5 Å². The van der Waals surface area contributed by atoms with E-state index in [9.17, 15) is 9.59 Å². The minimum atomic E-state index is -0.866. The van der Waals surface area contributed by atoms with Gasteiger partial charge in [-0.2, -0.15) is 5.10 Å². The Kier molecular flexibility index (Phi) is 5.52. The summed E-state index contributed by atoms with van der Waals surface area (Å²) in [6.45, 7) is 2.20. The average molecular weight is 436 g/mol. The molecule has 2 aromatic heterocycles. The van der Waals surface area contributed by atoms with Gasteiger partial charge in [-0.1, -0.05) is 25.1 Å². The van der Waals surface area contributed by atoms with Crippen LogP contribution >= 0.6 is 0 Å². The summed E-state index contributed by atoms with van der Waals surface area (Å²) in [5, 5.41) is 17.0. The number of likely N-dealkylation sites (tertiary alicyclic amines) is 1. The molecule has 0 bridgehead atoms. The number of hydrogen-bond acceptors (Lipinski definition) is 5. The molecule has 4 heterocycles. The second kappa shape index (κ2) is 8.29. The highest BCUT2D eigenvalue weighted by atomic mass is 16.3. The molecule has 32 heavy (non-hydrogen) atoms. The minimum absolute atomic E-state index is 0.0849. The Morgan fingerprint density at radius 3 is 2.78 bits per heavy atom. The lowest BCUT2D eigenvalue weighted by Gasteiger charge is -2.33. The van der Waals surface area contributed by atoms with E-state index in [-0.39, 0.29) is 18.3 Å². The summed E-state index contributed by atoms with van der Waals surface area (Å²) in [4.78, 5) is 41.4. The number of H-pyrrole nitrogens is 1. The number of aryl methyl sites for hydroxylation is 2. The number of aromatic nitrogens is 4. The number of carboxylic acid groups (broad SMARTS) is 1. The van der Waals surface area contributed by atoms with Crippen molar-refractivity contribution in [3.8, 4) is 0 Å². The van der Waals surface area contributed by atoms with Gasteiger partial charge in [-0.05, 0) is 30.5 Å². The van der Waals surface area contributed by atoms with Crippen LogP contribution in [0.2, 0.25) is 0 Å². The van der Waals surface area contributed by atoms with Crippen molar-refractivity contribution in [2.75, 3.05) is 11.9 Å². The van der Waals surface area contributed by atoms with Crippen molar-refractivity contribution >= 4 is 24.0 Å². The summed E-state index contributed by atoms with van der Waals surface area (Å²) in [7, 11) is 1.89. The van der Waals surface area contributed by atoms with E-state index in [2.05, 4.69) is 20.5 Å². The van der Waals surface area contributed by atoms with Crippen LogP contribution in [0, 0.1) is 0 Å². The Hall–Kier alpha value is -3.95. The van der Waals surface area contributed by atoms with Crippen molar-refractivity contribution in [3.63, 3.8) is 0 Å². The van der Waals surface area contributed by atoms with Crippen molar-refractivity contribution in [3.05, 3.63) is 65.5 Å². The largest absolute Gasteiger partial charge is 0.483 e. The van der Waals surface area contributed by atoms with Crippen molar-refractivity contribution < 1.29 is 19.5 Å². The highest BCUT2D eigenvalue weighted by molar-refractivity contribution is 6.08. The first kappa shape index (κ1) is 21.3. The van der Waals surface area contributed by atoms with Crippen LogP contribution in [-0.2, 0) is 28.5 Å². The number of hydrogen-bond donors (Lipinski definition) is 3. The van der Waals surface area contributed by atoms with Gasteiger partial charge in [-0.25, -0.2) is 4.98 Å². The topological polar surface area (TPSA) is 133 Å². The van der Waals surface area contributed by atoms with E-state index in [0.717, 1.165) is 23.4 Å². The number of aromatic amines is 1. The fourth-order valence-electron chi connectivity index (χ4n) is 4.70. The summed E-state index contributed by atoms with van der Waals surface area (Å²) in [5.41, 5.74) is 2.13. The fourth-order valence-corrected chi connectivity index (χ4v) is 4.70. The van der Waals surface area contributed by atoms with Crippen LogP contribution in [-0.4, -0.2) is 54.6 Å². The molecule has 5 rings (SSSR count). The molecular formula is C22H24N6O4. The fraction of sp³-hybridized carbons (Fsp3) is 0.318. The Labute approximate surface area is 184 Å². The van der Waals surface area contributed by atoms with Crippen molar-refractivity contribution in [2.24, 2.45) is 7.05 Å². The first-order valence-corrected chi connectivity index (χ1v) is 10.3. The number of anilines is 1. The maximum Gasteiger partial charge on any atom is 0.290 e. The second-order valence-corrected chi connectivity index (χ2v) is 7.76. The molecule has 2 aliphatic rings.